The minimum absolute atomic E-state index is 0.0460. The molecule has 0 unspecified atom stereocenters. The van der Waals surface area contributed by atoms with E-state index in [0.717, 1.165) is 29.9 Å². The van der Waals surface area contributed by atoms with Gasteiger partial charge in [0.15, 0.2) is 0 Å². The highest BCUT2D eigenvalue weighted by atomic mass is 16.7. The van der Waals surface area contributed by atoms with Crippen LogP contribution in [0.5, 0.6) is 0 Å². The lowest BCUT2D eigenvalue weighted by Crippen LogP contribution is -2.35. The molecule has 2 rings (SSSR count). The van der Waals surface area contributed by atoms with Gasteiger partial charge < -0.3 is 4.52 Å². The van der Waals surface area contributed by atoms with E-state index in [9.17, 15) is 4.79 Å². The molecule has 2 heterocycles. The van der Waals surface area contributed by atoms with Gasteiger partial charge in [0.1, 0.15) is 5.76 Å². The summed E-state index contributed by atoms with van der Waals surface area (Å²) in [6.07, 6.45) is 3.17. The van der Waals surface area contributed by atoms with Crippen LogP contribution < -0.4 is 0 Å². The number of aryl methyl sites for hydroxylation is 2. The molecule has 1 aliphatic heterocycles. The number of nitrogens with zero attached hydrogens (tertiary/aromatic N) is 2. The van der Waals surface area contributed by atoms with E-state index in [1.54, 1.807) is 0 Å². The van der Waals surface area contributed by atoms with Crippen LogP contribution in [0.4, 0.5) is 0 Å². The van der Waals surface area contributed by atoms with Crippen LogP contribution in [0, 0.1) is 13.8 Å². The summed E-state index contributed by atoms with van der Waals surface area (Å²) < 4.78 is 5.07. The van der Waals surface area contributed by atoms with Gasteiger partial charge in [-0.1, -0.05) is 5.16 Å². The van der Waals surface area contributed by atoms with E-state index in [-0.39, 0.29) is 5.91 Å². The van der Waals surface area contributed by atoms with E-state index in [2.05, 4.69) is 5.16 Å². The third kappa shape index (κ3) is 2.85. The van der Waals surface area contributed by atoms with Gasteiger partial charge in [0.25, 0.3) is 0 Å². The molecule has 17 heavy (non-hydrogen) atoms. The number of hydroxylamine groups is 2. The van der Waals surface area contributed by atoms with Gasteiger partial charge in [-0.15, -0.1) is 0 Å². The van der Waals surface area contributed by atoms with Gasteiger partial charge in [0.05, 0.1) is 12.3 Å². The Balaban J connectivity index is 1.87. The van der Waals surface area contributed by atoms with Gasteiger partial charge in [-0.05, 0) is 33.1 Å². The first-order valence-electron chi connectivity index (χ1n) is 6.03. The third-order valence-corrected chi connectivity index (χ3v) is 3.05. The van der Waals surface area contributed by atoms with Gasteiger partial charge in [0.2, 0.25) is 5.91 Å². The van der Waals surface area contributed by atoms with E-state index in [1.165, 1.54) is 5.06 Å². The van der Waals surface area contributed by atoms with Crippen LogP contribution in [0.3, 0.4) is 0 Å². The largest absolute Gasteiger partial charge is 0.361 e. The Morgan fingerprint density at radius 3 is 2.82 bits per heavy atom. The zero-order chi connectivity index (χ0) is 12.3. The summed E-state index contributed by atoms with van der Waals surface area (Å²) in [7, 11) is 0. The standard InChI is InChI=1S/C12H18N2O3/c1-9-11(10(2)17-13-9)5-6-12(15)14-7-3-4-8-16-14/h3-8H2,1-2H3. The number of carbonyl (C=O) groups is 1. The lowest BCUT2D eigenvalue weighted by atomic mass is 10.1. The molecule has 0 spiro atoms. The highest BCUT2D eigenvalue weighted by Crippen LogP contribution is 2.16. The number of aromatic nitrogens is 1. The van der Waals surface area contributed by atoms with E-state index < -0.39 is 0 Å². The van der Waals surface area contributed by atoms with Crippen molar-refractivity contribution < 1.29 is 14.2 Å². The smallest absolute Gasteiger partial charge is 0.246 e. The number of hydrogen-bond donors (Lipinski definition) is 0. The highest BCUT2D eigenvalue weighted by Gasteiger charge is 2.19. The first-order chi connectivity index (χ1) is 8.18. The Hall–Kier alpha value is -1.36. The van der Waals surface area contributed by atoms with Crippen LogP contribution in [0.2, 0.25) is 0 Å². The predicted octanol–water partition coefficient (Wildman–Crippen LogP) is 1.78. The highest BCUT2D eigenvalue weighted by molar-refractivity contribution is 5.75. The van der Waals surface area contributed by atoms with Gasteiger partial charge >= 0.3 is 0 Å². The second-order valence-corrected chi connectivity index (χ2v) is 4.34. The van der Waals surface area contributed by atoms with Crippen molar-refractivity contribution in [2.24, 2.45) is 0 Å². The summed E-state index contributed by atoms with van der Waals surface area (Å²) in [5.41, 5.74) is 1.91. The summed E-state index contributed by atoms with van der Waals surface area (Å²) in [5.74, 6) is 0.847. The molecule has 0 aromatic carbocycles. The zero-order valence-corrected chi connectivity index (χ0v) is 10.4. The van der Waals surface area contributed by atoms with Gasteiger partial charge in [-0.25, -0.2) is 5.06 Å². The second kappa shape index (κ2) is 5.31. The lowest BCUT2D eigenvalue weighted by Gasteiger charge is -2.25. The normalized spacial score (nSPS) is 16.2. The molecule has 1 aromatic rings. The molecule has 0 aliphatic carbocycles. The molecule has 5 nitrogen and oxygen atoms in total. The minimum atomic E-state index is 0.0460. The average molecular weight is 238 g/mol. The summed E-state index contributed by atoms with van der Waals surface area (Å²) in [5, 5.41) is 5.36. The topological polar surface area (TPSA) is 55.6 Å². The van der Waals surface area contributed by atoms with Crippen LogP contribution in [-0.2, 0) is 16.1 Å². The summed E-state index contributed by atoms with van der Waals surface area (Å²) in [6.45, 7) is 5.13. The van der Waals surface area contributed by atoms with Gasteiger partial charge in [0, 0.05) is 18.5 Å². The van der Waals surface area contributed by atoms with E-state index in [4.69, 9.17) is 9.36 Å². The lowest BCUT2D eigenvalue weighted by molar-refractivity contribution is -0.197. The maximum absolute atomic E-state index is 11.9. The Morgan fingerprint density at radius 2 is 2.24 bits per heavy atom. The average Bonchev–Trinajstić information content (AvgIpc) is 2.67. The monoisotopic (exact) mass is 238 g/mol. The molecule has 1 aromatic heterocycles. The van der Waals surface area contributed by atoms with Crippen molar-refractivity contribution in [3.05, 3.63) is 17.0 Å². The first kappa shape index (κ1) is 12.1. The minimum Gasteiger partial charge on any atom is -0.361 e. The number of amides is 1. The van der Waals surface area contributed by atoms with Crippen LogP contribution in [-0.4, -0.2) is 29.3 Å². The second-order valence-electron chi connectivity index (χ2n) is 4.34. The maximum atomic E-state index is 11.9. The molecule has 0 N–H and O–H groups in total. The molecule has 94 valence electrons. The van der Waals surface area contributed by atoms with Crippen molar-refractivity contribution in [3.8, 4) is 0 Å². The van der Waals surface area contributed by atoms with Crippen molar-refractivity contribution in [1.82, 2.24) is 10.2 Å². The van der Waals surface area contributed by atoms with Gasteiger partial charge in [-0.3, -0.25) is 9.63 Å². The summed E-state index contributed by atoms with van der Waals surface area (Å²) >= 11 is 0. The number of rotatable bonds is 3. The fourth-order valence-corrected chi connectivity index (χ4v) is 2.01. The van der Waals surface area contributed by atoms with E-state index in [1.807, 2.05) is 13.8 Å². The van der Waals surface area contributed by atoms with Crippen LogP contribution in [0.1, 0.15) is 36.3 Å². The summed E-state index contributed by atoms with van der Waals surface area (Å²) in [6, 6.07) is 0. The van der Waals surface area contributed by atoms with Gasteiger partial charge in [-0.2, -0.15) is 0 Å². The molecule has 5 heteroatoms. The summed E-state index contributed by atoms with van der Waals surface area (Å²) in [4.78, 5) is 17.2. The molecule has 1 aliphatic rings. The van der Waals surface area contributed by atoms with Crippen molar-refractivity contribution in [1.29, 1.82) is 0 Å². The fourth-order valence-electron chi connectivity index (χ4n) is 2.01. The van der Waals surface area contributed by atoms with Crippen molar-refractivity contribution >= 4 is 5.91 Å². The molecule has 0 saturated carbocycles. The molecule has 0 radical (unpaired) electrons. The quantitative estimate of drug-likeness (QED) is 0.805. The number of hydrogen-bond acceptors (Lipinski definition) is 4. The molecule has 0 atom stereocenters. The predicted molar refractivity (Wildman–Crippen MR) is 61.2 cm³/mol. The molecule has 0 bridgehead atoms. The number of carbonyl (C=O) groups excluding carboxylic acids is 1. The zero-order valence-electron chi connectivity index (χ0n) is 10.4. The Kier molecular flexibility index (Phi) is 3.78. The van der Waals surface area contributed by atoms with E-state index in [0.29, 0.717) is 26.0 Å². The Bertz CT molecular complexity index is 375. The molecule has 1 saturated heterocycles. The van der Waals surface area contributed by atoms with Crippen molar-refractivity contribution in [3.63, 3.8) is 0 Å². The third-order valence-electron chi connectivity index (χ3n) is 3.05. The Labute approximate surface area is 101 Å². The van der Waals surface area contributed by atoms with Crippen molar-refractivity contribution in [2.75, 3.05) is 13.2 Å². The molecular weight excluding hydrogens is 220 g/mol. The Morgan fingerprint density at radius 1 is 1.41 bits per heavy atom. The molecular formula is C12H18N2O3. The first-order valence-corrected chi connectivity index (χ1v) is 6.03. The van der Waals surface area contributed by atoms with Crippen LogP contribution in [0.25, 0.3) is 0 Å². The van der Waals surface area contributed by atoms with E-state index >= 15 is 0 Å². The van der Waals surface area contributed by atoms with Crippen LogP contribution in [0.15, 0.2) is 4.52 Å². The molecule has 1 amide bonds. The molecule has 1 fully saturated rings. The maximum Gasteiger partial charge on any atom is 0.246 e. The van der Waals surface area contributed by atoms with Crippen LogP contribution >= 0.6 is 0 Å². The SMILES string of the molecule is Cc1noc(C)c1CCC(=O)N1CCCCO1. The fraction of sp³-hybridized carbons (Fsp3) is 0.667. The van der Waals surface area contributed by atoms with Crippen molar-refractivity contribution in [2.45, 2.75) is 39.5 Å².